The van der Waals surface area contributed by atoms with Crippen LogP contribution in [0.4, 0.5) is 11.5 Å². The number of nitrogens with two attached hydrogens (primary N) is 1. The summed E-state index contributed by atoms with van der Waals surface area (Å²) in [4.78, 5) is 20.0. The molecule has 0 unspecified atom stereocenters. The monoisotopic (exact) mass is 410 g/mol. The Morgan fingerprint density at radius 3 is 2.52 bits per heavy atom. The van der Waals surface area contributed by atoms with Crippen LogP contribution in [-0.2, 0) is 11.2 Å². The average molecular weight is 410 g/mol. The Morgan fingerprint density at radius 2 is 1.68 bits per heavy atom. The quantitative estimate of drug-likeness (QED) is 0.452. The molecular weight excluding hydrogens is 388 g/mol. The summed E-state index contributed by atoms with van der Waals surface area (Å²) in [6.07, 6.45) is 2.63. The van der Waals surface area contributed by atoms with Gasteiger partial charge in [0.1, 0.15) is 11.5 Å². The molecule has 2 aliphatic rings. The molecule has 0 bridgehead atoms. The average Bonchev–Trinajstić information content (AvgIpc) is 3.17. The van der Waals surface area contributed by atoms with Crippen molar-refractivity contribution in [2.24, 2.45) is 0 Å². The van der Waals surface area contributed by atoms with Crippen molar-refractivity contribution in [3.8, 4) is 22.3 Å². The first-order chi connectivity index (χ1) is 15.2. The largest absolute Gasteiger partial charge is 0.399 e. The number of ether oxygens (including phenoxy) is 1. The van der Waals surface area contributed by atoms with Crippen LogP contribution in [0.3, 0.4) is 0 Å². The van der Waals surface area contributed by atoms with Gasteiger partial charge in [-0.05, 0) is 58.5 Å². The Morgan fingerprint density at radius 1 is 0.903 bits per heavy atom. The van der Waals surface area contributed by atoms with Gasteiger partial charge in [0, 0.05) is 36.6 Å². The highest BCUT2D eigenvalue weighted by atomic mass is 16.5. The number of fused-ring (bicyclic) bond motifs is 4. The normalized spacial score (nSPS) is 15.2. The Kier molecular flexibility index (Phi) is 4.07. The van der Waals surface area contributed by atoms with Crippen LogP contribution in [0, 0.1) is 0 Å². The van der Waals surface area contributed by atoms with Crippen molar-refractivity contribution in [2.45, 2.75) is 6.42 Å². The second-order valence-electron chi connectivity index (χ2n) is 8.09. The van der Waals surface area contributed by atoms with E-state index in [1.54, 1.807) is 16.7 Å². The molecule has 0 spiro atoms. The molecule has 6 heteroatoms. The first-order valence-corrected chi connectivity index (χ1v) is 10.6. The minimum atomic E-state index is -0.0722. The third kappa shape index (κ3) is 2.91. The number of aromatic nitrogens is 2. The smallest absolute Gasteiger partial charge is 0.259 e. The van der Waals surface area contributed by atoms with Crippen molar-refractivity contribution in [2.75, 3.05) is 36.9 Å². The highest BCUT2D eigenvalue weighted by molar-refractivity contribution is 5.89. The van der Waals surface area contributed by atoms with Gasteiger partial charge in [-0.3, -0.25) is 9.20 Å². The Hall–Kier alpha value is -3.64. The van der Waals surface area contributed by atoms with Crippen molar-refractivity contribution >= 4 is 17.2 Å². The van der Waals surface area contributed by atoms with Crippen LogP contribution >= 0.6 is 0 Å². The second kappa shape index (κ2) is 6.96. The molecule has 2 aromatic heterocycles. The zero-order valence-electron chi connectivity index (χ0n) is 17.0. The highest BCUT2D eigenvalue weighted by Gasteiger charge is 2.23. The number of pyridine rings is 1. The lowest BCUT2D eigenvalue weighted by molar-refractivity contribution is 0.122. The number of nitrogen functional groups attached to an aromatic ring is 1. The first-order valence-electron chi connectivity index (χ1n) is 10.6. The molecule has 3 heterocycles. The van der Waals surface area contributed by atoms with Crippen LogP contribution in [-0.4, -0.2) is 35.7 Å². The van der Waals surface area contributed by atoms with Crippen LogP contribution in [0.2, 0.25) is 0 Å². The van der Waals surface area contributed by atoms with Crippen molar-refractivity contribution in [1.29, 1.82) is 0 Å². The zero-order chi connectivity index (χ0) is 20.9. The van der Waals surface area contributed by atoms with Crippen molar-refractivity contribution in [3.05, 3.63) is 82.3 Å². The van der Waals surface area contributed by atoms with E-state index < -0.39 is 0 Å². The fraction of sp³-hybridized carbons (Fsp3) is 0.200. The van der Waals surface area contributed by atoms with E-state index in [4.69, 9.17) is 15.5 Å². The highest BCUT2D eigenvalue weighted by Crippen LogP contribution is 2.42. The van der Waals surface area contributed by atoms with Gasteiger partial charge in [0.05, 0.1) is 13.2 Å². The summed E-state index contributed by atoms with van der Waals surface area (Å²) in [6.45, 7) is 2.77. The predicted octanol–water partition coefficient (Wildman–Crippen LogP) is 3.35. The van der Waals surface area contributed by atoms with Gasteiger partial charge in [-0.2, -0.15) is 0 Å². The van der Waals surface area contributed by atoms with Crippen molar-refractivity contribution in [1.82, 2.24) is 9.38 Å². The fourth-order valence-corrected chi connectivity index (χ4v) is 4.75. The molecule has 154 valence electrons. The maximum absolute atomic E-state index is 12.9. The molecular formula is C25H22N4O2. The Balaban J connectivity index is 1.55. The van der Waals surface area contributed by atoms with E-state index in [9.17, 15) is 4.79 Å². The number of anilines is 2. The zero-order valence-corrected chi connectivity index (χ0v) is 17.0. The molecule has 6 nitrogen and oxygen atoms in total. The predicted molar refractivity (Wildman–Crippen MR) is 123 cm³/mol. The van der Waals surface area contributed by atoms with Gasteiger partial charge in [-0.25, -0.2) is 4.98 Å². The summed E-state index contributed by atoms with van der Waals surface area (Å²) in [5.41, 5.74) is 14.4. The number of morpholine rings is 1. The molecule has 2 N–H and O–H groups in total. The Labute approximate surface area is 179 Å². The van der Waals surface area contributed by atoms with E-state index in [1.165, 1.54) is 22.3 Å². The van der Waals surface area contributed by atoms with Gasteiger partial charge >= 0.3 is 0 Å². The molecule has 4 aromatic rings. The van der Waals surface area contributed by atoms with Crippen LogP contribution in [0.15, 0.2) is 65.6 Å². The third-order valence-corrected chi connectivity index (χ3v) is 6.27. The molecule has 1 fully saturated rings. The number of benzene rings is 2. The molecule has 0 amide bonds. The number of hydrogen-bond donors (Lipinski definition) is 1. The minimum Gasteiger partial charge on any atom is -0.399 e. The molecule has 1 aliphatic carbocycles. The fourth-order valence-electron chi connectivity index (χ4n) is 4.75. The van der Waals surface area contributed by atoms with Gasteiger partial charge in [-0.1, -0.05) is 24.3 Å². The van der Waals surface area contributed by atoms with E-state index in [-0.39, 0.29) is 5.56 Å². The molecule has 6 rings (SSSR count). The number of rotatable bonds is 2. The topological polar surface area (TPSA) is 72.9 Å². The lowest BCUT2D eigenvalue weighted by atomic mass is 9.96. The van der Waals surface area contributed by atoms with Crippen molar-refractivity contribution in [3.63, 3.8) is 0 Å². The molecule has 0 atom stereocenters. The Bertz CT molecular complexity index is 1390. The van der Waals surface area contributed by atoms with Gasteiger partial charge in [0.2, 0.25) is 0 Å². The number of nitrogens with zero attached hydrogens (tertiary/aromatic N) is 3. The molecule has 1 aliphatic heterocycles. The first kappa shape index (κ1) is 18.2. The van der Waals surface area contributed by atoms with Gasteiger partial charge in [0.25, 0.3) is 5.56 Å². The second-order valence-corrected chi connectivity index (χ2v) is 8.09. The molecule has 0 saturated carbocycles. The molecule has 31 heavy (non-hydrogen) atoms. The van der Waals surface area contributed by atoms with Crippen LogP contribution < -0.4 is 16.2 Å². The molecule has 0 radical (unpaired) electrons. The minimum absolute atomic E-state index is 0.0722. The van der Waals surface area contributed by atoms with Gasteiger partial charge in [-0.15, -0.1) is 0 Å². The number of hydrogen-bond acceptors (Lipinski definition) is 5. The lowest BCUT2D eigenvalue weighted by Crippen LogP contribution is -2.37. The van der Waals surface area contributed by atoms with Crippen LogP contribution in [0.1, 0.15) is 11.1 Å². The van der Waals surface area contributed by atoms with Crippen LogP contribution in [0.25, 0.3) is 27.9 Å². The summed E-state index contributed by atoms with van der Waals surface area (Å²) in [7, 11) is 0. The van der Waals surface area contributed by atoms with E-state index in [2.05, 4.69) is 35.2 Å². The lowest BCUT2D eigenvalue weighted by Gasteiger charge is -2.28. The van der Waals surface area contributed by atoms with Gasteiger partial charge in [0.15, 0.2) is 0 Å². The molecule has 2 aromatic carbocycles. The summed E-state index contributed by atoms with van der Waals surface area (Å²) >= 11 is 0. The summed E-state index contributed by atoms with van der Waals surface area (Å²) in [6, 6.07) is 18.0. The molecule has 1 saturated heterocycles. The van der Waals surface area contributed by atoms with Crippen molar-refractivity contribution < 1.29 is 4.74 Å². The van der Waals surface area contributed by atoms with E-state index in [0.717, 1.165) is 36.3 Å². The maximum atomic E-state index is 12.9. The standard InChI is InChI=1S/C25H22N4O2/c26-17-7-6-16-13-22-18(3-1-4-19(22)21(16)14-17)20-5-2-8-29-24(30)15-23(27-25(20)29)28-9-11-31-12-10-28/h1-8,14-15H,9-13,26H2. The van der Waals surface area contributed by atoms with Gasteiger partial charge < -0.3 is 15.4 Å². The maximum Gasteiger partial charge on any atom is 0.259 e. The SMILES string of the molecule is Nc1ccc2c(c1)-c1cccc(-c3cccn4c(=O)cc(N5CCOCC5)nc34)c1C2. The van der Waals surface area contributed by atoms with E-state index in [0.29, 0.717) is 24.7 Å². The van der Waals surface area contributed by atoms with E-state index >= 15 is 0 Å². The summed E-state index contributed by atoms with van der Waals surface area (Å²) < 4.78 is 7.10. The summed E-state index contributed by atoms with van der Waals surface area (Å²) in [5.74, 6) is 0.712. The third-order valence-electron chi connectivity index (χ3n) is 6.27. The summed E-state index contributed by atoms with van der Waals surface area (Å²) in [5, 5.41) is 0. The van der Waals surface area contributed by atoms with E-state index in [1.807, 2.05) is 18.2 Å². The van der Waals surface area contributed by atoms with Crippen LogP contribution in [0.5, 0.6) is 0 Å².